The Labute approximate surface area is 197 Å². The van der Waals surface area contributed by atoms with Crippen LogP contribution in [0.4, 0.5) is 0 Å². The van der Waals surface area contributed by atoms with Crippen molar-refractivity contribution in [2.45, 2.75) is 43.8 Å². The van der Waals surface area contributed by atoms with E-state index in [0.29, 0.717) is 12.8 Å². The molecule has 0 aliphatic rings. The van der Waals surface area contributed by atoms with Crippen LogP contribution in [0.3, 0.4) is 0 Å². The zero-order chi connectivity index (χ0) is 26.1. The summed E-state index contributed by atoms with van der Waals surface area (Å²) in [6, 6.07) is 16.1. The van der Waals surface area contributed by atoms with E-state index in [1.54, 1.807) is 0 Å². The van der Waals surface area contributed by atoms with Crippen LogP contribution in [0, 0.1) is 0 Å². The van der Waals surface area contributed by atoms with Gasteiger partial charge in [-0.3, -0.25) is 19.2 Å². The van der Waals surface area contributed by atoms with Gasteiger partial charge in [0.25, 0.3) is 0 Å². The fourth-order valence-corrected chi connectivity index (χ4v) is 2.33. The fourth-order valence-electron chi connectivity index (χ4n) is 2.33. The van der Waals surface area contributed by atoms with Gasteiger partial charge in [-0.2, -0.15) is 0 Å². The van der Waals surface area contributed by atoms with Crippen molar-refractivity contribution >= 4 is 23.8 Å². The van der Waals surface area contributed by atoms with Crippen molar-refractivity contribution in [2.75, 3.05) is 0 Å². The van der Waals surface area contributed by atoms with E-state index in [-0.39, 0.29) is 12.8 Å². The van der Waals surface area contributed by atoms with Gasteiger partial charge in [0.1, 0.15) is 18.1 Å². The van der Waals surface area contributed by atoms with Crippen molar-refractivity contribution in [1.29, 1.82) is 0 Å². The molecule has 0 aromatic heterocycles. The Morgan fingerprint density at radius 3 is 1.21 bits per heavy atom. The highest BCUT2D eigenvalue weighted by Gasteiger charge is 2.12. The molecule has 11 N–H and O–H groups in total. The second kappa shape index (κ2) is 16.8. The van der Waals surface area contributed by atoms with Crippen LogP contribution in [-0.4, -0.2) is 57.3 Å². The van der Waals surface area contributed by atoms with Gasteiger partial charge in [-0.15, -0.1) is 0 Å². The highest BCUT2D eigenvalue weighted by Crippen LogP contribution is 2.02. The highest BCUT2D eigenvalue weighted by molar-refractivity contribution is 5.77. The molecule has 0 aliphatic carbocycles. The Kier molecular flexibility index (Phi) is 14.9. The zero-order valence-corrected chi connectivity index (χ0v) is 18.6. The average molecular weight is 477 g/mol. The number of nitrogens with two attached hydrogens (primary N) is 4. The number of aliphatic carboxylic acids is 3. The lowest BCUT2D eigenvalue weighted by Crippen LogP contribution is -2.32. The molecule has 34 heavy (non-hydrogen) atoms. The number of carboxylic acids is 3. The summed E-state index contributed by atoms with van der Waals surface area (Å²) in [7, 11) is 0. The average Bonchev–Trinajstić information content (AvgIpc) is 2.79. The Bertz CT molecular complexity index is 837. The molecule has 0 radical (unpaired) electrons. The van der Waals surface area contributed by atoms with Crippen molar-refractivity contribution in [3.8, 4) is 0 Å². The van der Waals surface area contributed by atoms with Gasteiger partial charge in [-0.1, -0.05) is 60.7 Å². The van der Waals surface area contributed by atoms with Gasteiger partial charge in [0.05, 0.1) is 0 Å². The summed E-state index contributed by atoms with van der Waals surface area (Å²) in [6.07, 6.45) is 0.893. The van der Waals surface area contributed by atoms with Gasteiger partial charge < -0.3 is 38.3 Å². The van der Waals surface area contributed by atoms with E-state index in [2.05, 4.69) is 0 Å². The second-order valence-electron chi connectivity index (χ2n) is 7.22. The Morgan fingerprint density at radius 2 is 0.941 bits per heavy atom. The third kappa shape index (κ3) is 15.1. The quantitative estimate of drug-likeness (QED) is 0.241. The summed E-state index contributed by atoms with van der Waals surface area (Å²) in [6.45, 7) is 0. The van der Waals surface area contributed by atoms with Crippen LogP contribution in [0.1, 0.15) is 24.0 Å². The molecule has 0 heterocycles. The zero-order valence-electron chi connectivity index (χ0n) is 18.6. The molecule has 0 aliphatic heterocycles. The molecule has 0 saturated carbocycles. The van der Waals surface area contributed by atoms with E-state index in [1.807, 2.05) is 60.7 Å². The maximum absolute atomic E-state index is 10.4. The Balaban J connectivity index is 0.000000484. The number of hydrogen-bond acceptors (Lipinski definition) is 7. The van der Waals surface area contributed by atoms with Crippen LogP contribution in [0.5, 0.6) is 0 Å². The largest absolute Gasteiger partial charge is 0.480 e. The van der Waals surface area contributed by atoms with Crippen LogP contribution >= 0.6 is 0 Å². The van der Waals surface area contributed by atoms with Crippen molar-refractivity contribution in [3.05, 3.63) is 71.8 Å². The summed E-state index contributed by atoms with van der Waals surface area (Å²) in [5.41, 5.74) is 22.4. The summed E-state index contributed by atoms with van der Waals surface area (Å²) in [5.74, 6) is -3.56. The molecule has 2 rings (SSSR count). The number of hydrogen-bond donors (Lipinski definition) is 7. The number of carboxylic acid groups (broad SMARTS) is 3. The molecular formula is C23H32N4O7. The molecule has 2 aromatic carbocycles. The van der Waals surface area contributed by atoms with Crippen LogP contribution in [0.15, 0.2) is 60.7 Å². The number of rotatable bonds is 10. The van der Waals surface area contributed by atoms with Gasteiger partial charge in [-0.05, 0) is 30.4 Å². The van der Waals surface area contributed by atoms with E-state index < -0.39 is 41.9 Å². The van der Waals surface area contributed by atoms with Crippen molar-refractivity contribution < 1.29 is 34.5 Å². The van der Waals surface area contributed by atoms with E-state index in [0.717, 1.165) is 11.1 Å². The summed E-state index contributed by atoms with van der Waals surface area (Å²) >= 11 is 0. The highest BCUT2D eigenvalue weighted by atomic mass is 16.4. The Hall–Kier alpha value is -3.80. The number of amides is 1. The summed E-state index contributed by atoms with van der Waals surface area (Å²) in [5, 5.41) is 25.3. The van der Waals surface area contributed by atoms with E-state index in [4.69, 9.17) is 38.3 Å². The van der Waals surface area contributed by atoms with Gasteiger partial charge >= 0.3 is 17.9 Å². The fraction of sp³-hybridized carbons (Fsp3) is 0.304. The lowest BCUT2D eigenvalue weighted by Gasteiger charge is -2.04. The van der Waals surface area contributed by atoms with Gasteiger partial charge in [0.15, 0.2) is 0 Å². The molecule has 0 unspecified atom stereocenters. The predicted molar refractivity (Wildman–Crippen MR) is 126 cm³/mol. The van der Waals surface area contributed by atoms with E-state index >= 15 is 0 Å². The number of carbonyl (C=O) groups is 4. The summed E-state index contributed by atoms with van der Waals surface area (Å²) in [4.78, 5) is 40.9. The molecular weight excluding hydrogens is 444 g/mol. The first-order valence-corrected chi connectivity index (χ1v) is 10.2. The molecule has 2 aromatic rings. The van der Waals surface area contributed by atoms with Crippen molar-refractivity contribution in [1.82, 2.24) is 0 Å². The second-order valence-corrected chi connectivity index (χ2v) is 7.22. The number of primary amides is 1. The molecule has 0 saturated heterocycles. The molecule has 11 nitrogen and oxygen atoms in total. The topological polar surface area (TPSA) is 233 Å². The van der Waals surface area contributed by atoms with Crippen LogP contribution in [-0.2, 0) is 32.0 Å². The van der Waals surface area contributed by atoms with Crippen molar-refractivity contribution in [3.63, 3.8) is 0 Å². The molecule has 1 amide bonds. The Morgan fingerprint density at radius 1 is 0.618 bits per heavy atom. The van der Waals surface area contributed by atoms with Gasteiger partial charge in [-0.25, -0.2) is 0 Å². The first-order valence-electron chi connectivity index (χ1n) is 10.2. The van der Waals surface area contributed by atoms with Gasteiger partial charge in [0, 0.05) is 6.42 Å². The smallest absolute Gasteiger partial charge is 0.320 e. The molecule has 0 fully saturated rings. The first kappa shape index (κ1) is 30.2. The molecule has 186 valence electrons. The predicted octanol–water partition coefficient (Wildman–Crippen LogP) is -0.0542. The monoisotopic (exact) mass is 476 g/mol. The summed E-state index contributed by atoms with van der Waals surface area (Å²) < 4.78 is 0. The lowest BCUT2D eigenvalue weighted by molar-refractivity contribution is -0.139. The standard InChI is InChI=1S/2C9H11NO2.C5H10N2O3/c2*10-8(9(11)12)6-7-4-2-1-3-5-7;6-3(5(9)10)1-2-4(7)8/h2*1-5,8H,6,10H2,(H,11,12);3H,1-2,6H2,(H2,7,8)(H,9,10)/t2*8-;3-/m000/s1. The maximum atomic E-state index is 10.4. The van der Waals surface area contributed by atoms with Gasteiger partial charge in [0.2, 0.25) is 5.91 Å². The normalized spacial score (nSPS) is 12.4. The number of carbonyl (C=O) groups excluding carboxylic acids is 1. The number of benzene rings is 2. The van der Waals surface area contributed by atoms with E-state index in [1.165, 1.54) is 0 Å². The minimum atomic E-state index is -1.11. The van der Waals surface area contributed by atoms with Crippen LogP contribution in [0.25, 0.3) is 0 Å². The third-order valence-corrected chi connectivity index (χ3v) is 4.25. The SMILES string of the molecule is NC(=O)CC[C@H](N)C(=O)O.N[C@@H](Cc1ccccc1)C(=O)O.N[C@@H](Cc1ccccc1)C(=O)O. The van der Waals surface area contributed by atoms with E-state index in [9.17, 15) is 19.2 Å². The molecule has 11 heteroatoms. The van der Waals surface area contributed by atoms with Crippen LogP contribution < -0.4 is 22.9 Å². The lowest BCUT2D eigenvalue weighted by atomic mass is 10.1. The minimum absolute atomic E-state index is 0.0213. The molecule has 0 bridgehead atoms. The van der Waals surface area contributed by atoms with Crippen LogP contribution in [0.2, 0.25) is 0 Å². The van der Waals surface area contributed by atoms with Crippen molar-refractivity contribution in [2.24, 2.45) is 22.9 Å². The molecule has 3 atom stereocenters. The molecule has 0 spiro atoms. The maximum Gasteiger partial charge on any atom is 0.320 e. The first-order chi connectivity index (χ1) is 15.9. The minimum Gasteiger partial charge on any atom is -0.480 e. The third-order valence-electron chi connectivity index (χ3n) is 4.25.